The summed E-state index contributed by atoms with van der Waals surface area (Å²) in [6.45, 7) is 0. The number of benzene rings is 1. The van der Waals surface area contributed by atoms with Gasteiger partial charge >= 0.3 is 0 Å². The minimum absolute atomic E-state index is 0.0731. The van der Waals surface area contributed by atoms with Gasteiger partial charge in [-0.15, -0.1) is 0 Å². The molecule has 0 spiro atoms. The van der Waals surface area contributed by atoms with Gasteiger partial charge in [-0.2, -0.15) is 5.10 Å². The third-order valence-electron chi connectivity index (χ3n) is 4.75. The van der Waals surface area contributed by atoms with Gasteiger partial charge in [-0.3, -0.25) is 4.68 Å². The summed E-state index contributed by atoms with van der Waals surface area (Å²) in [4.78, 5) is 4.72. The Morgan fingerprint density at radius 2 is 1.96 bits per heavy atom. The number of nitrogens with two attached hydrogens (primary N) is 1. The van der Waals surface area contributed by atoms with Crippen molar-refractivity contribution in [2.75, 3.05) is 0 Å². The number of hydrogen-bond donors (Lipinski definition) is 1. The van der Waals surface area contributed by atoms with Crippen molar-refractivity contribution in [1.29, 1.82) is 0 Å². The number of nitrogens with zero attached hydrogens (tertiary/aromatic N) is 4. The smallest absolute Gasteiger partial charge is 0.238 e. The average Bonchev–Trinajstić information content (AvgIpc) is 3.24. The normalized spacial score (nSPS) is 16.2. The molecule has 1 aromatic carbocycles. The molecule has 0 saturated heterocycles. The van der Waals surface area contributed by atoms with E-state index in [-0.39, 0.29) is 4.90 Å². The first kappa shape index (κ1) is 15.3. The van der Waals surface area contributed by atoms with E-state index in [1.807, 2.05) is 17.7 Å². The Bertz CT molecular complexity index is 1010. The maximum Gasteiger partial charge on any atom is 0.238 e. The van der Waals surface area contributed by atoms with E-state index in [0.717, 1.165) is 29.9 Å². The Morgan fingerprint density at radius 3 is 2.67 bits per heavy atom. The van der Waals surface area contributed by atoms with Gasteiger partial charge in [-0.1, -0.05) is 12.8 Å². The van der Waals surface area contributed by atoms with Crippen LogP contribution in [0.5, 0.6) is 0 Å². The summed E-state index contributed by atoms with van der Waals surface area (Å²) in [5.74, 6) is 0.779. The van der Waals surface area contributed by atoms with Gasteiger partial charge in [0, 0.05) is 13.2 Å². The Labute approximate surface area is 140 Å². The van der Waals surface area contributed by atoms with Gasteiger partial charge < -0.3 is 4.57 Å². The Morgan fingerprint density at radius 1 is 1.21 bits per heavy atom. The summed E-state index contributed by atoms with van der Waals surface area (Å²) in [7, 11) is -1.82. The molecule has 0 unspecified atom stereocenters. The largest absolute Gasteiger partial charge is 0.326 e. The molecule has 1 aliphatic rings. The third-order valence-corrected chi connectivity index (χ3v) is 5.66. The number of fused-ring (bicyclic) bond motifs is 1. The fraction of sp³-hybridized carbons (Fsp3) is 0.375. The van der Waals surface area contributed by atoms with Crippen LogP contribution in [0.1, 0.15) is 31.7 Å². The number of aromatic nitrogens is 4. The molecule has 1 saturated carbocycles. The summed E-state index contributed by atoms with van der Waals surface area (Å²) in [5.41, 5.74) is 2.42. The predicted molar refractivity (Wildman–Crippen MR) is 90.8 cm³/mol. The Balaban J connectivity index is 1.86. The lowest BCUT2D eigenvalue weighted by molar-refractivity contribution is 0.470. The first-order valence-corrected chi connectivity index (χ1v) is 9.53. The zero-order valence-corrected chi connectivity index (χ0v) is 14.2. The van der Waals surface area contributed by atoms with Crippen LogP contribution in [0.15, 0.2) is 35.4 Å². The van der Waals surface area contributed by atoms with Crippen molar-refractivity contribution in [1.82, 2.24) is 19.3 Å². The number of rotatable bonds is 3. The van der Waals surface area contributed by atoms with E-state index in [9.17, 15) is 8.42 Å². The van der Waals surface area contributed by atoms with Crippen LogP contribution in [0.3, 0.4) is 0 Å². The Kier molecular flexibility index (Phi) is 3.47. The molecule has 24 heavy (non-hydrogen) atoms. The van der Waals surface area contributed by atoms with Crippen molar-refractivity contribution in [2.45, 2.75) is 36.6 Å². The first-order chi connectivity index (χ1) is 11.4. The fourth-order valence-corrected chi connectivity index (χ4v) is 4.05. The SMILES string of the molecule is Cn1c(-c2ccnn2C2CCCC2)nc2cc(S(N)(=O)=O)ccc21. The molecule has 0 aliphatic heterocycles. The van der Waals surface area contributed by atoms with Crippen molar-refractivity contribution in [2.24, 2.45) is 12.2 Å². The zero-order chi connectivity index (χ0) is 16.9. The summed E-state index contributed by atoms with van der Waals surface area (Å²) in [5, 5.41) is 9.71. The van der Waals surface area contributed by atoms with Crippen molar-refractivity contribution < 1.29 is 8.42 Å². The molecule has 7 nitrogen and oxygen atoms in total. The van der Waals surface area contributed by atoms with E-state index in [4.69, 9.17) is 5.14 Å². The van der Waals surface area contributed by atoms with Gasteiger partial charge in [0.25, 0.3) is 0 Å². The number of hydrogen-bond acceptors (Lipinski definition) is 4. The number of sulfonamides is 1. The molecular formula is C16H19N5O2S. The molecule has 0 radical (unpaired) electrons. The highest BCUT2D eigenvalue weighted by Gasteiger charge is 2.23. The maximum atomic E-state index is 11.6. The van der Waals surface area contributed by atoms with Crippen LogP contribution < -0.4 is 5.14 Å². The zero-order valence-electron chi connectivity index (χ0n) is 13.4. The van der Waals surface area contributed by atoms with E-state index in [1.54, 1.807) is 12.3 Å². The second-order valence-electron chi connectivity index (χ2n) is 6.29. The molecule has 0 amide bonds. The van der Waals surface area contributed by atoms with Crippen molar-refractivity contribution in [3.05, 3.63) is 30.5 Å². The number of aryl methyl sites for hydroxylation is 1. The minimum atomic E-state index is -3.74. The minimum Gasteiger partial charge on any atom is -0.326 e. The van der Waals surface area contributed by atoms with Gasteiger partial charge in [0.15, 0.2) is 5.82 Å². The van der Waals surface area contributed by atoms with Crippen LogP contribution in [0, 0.1) is 0 Å². The molecule has 0 bridgehead atoms. The van der Waals surface area contributed by atoms with Crippen LogP contribution in [-0.4, -0.2) is 27.7 Å². The summed E-state index contributed by atoms with van der Waals surface area (Å²) >= 11 is 0. The monoisotopic (exact) mass is 345 g/mol. The standard InChI is InChI=1S/C16H19N5O2S/c1-20-14-7-6-12(24(17,22)23)10-13(14)19-16(20)15-8-9-18-21(15)11-4-2-3-5-11/h6-11H,2-5H2,1H3,(H2,17,22,23). The molecule has 2 aromatic heterocycles. The van der Waals surface area contributed by atoms with Crippen LogP contribution >= 0.6 is 0 Å². The van der Waals surface area contributed by atoms with Gasteiger partial charge in [0.1, 0.15) is 5.69 Å². The van der Waals surface area contributed by atoms with Gasteiger partial charge in [0.05, 0.1) is 22.0 Å². The van der Waals surface area contributed by atoms with Crippen molar-refractivity contribution in [3.63, 3.8) is 0 Å². The second kappa shape index (κ2) is 5.42. The molecule has 1 fully saturated rings. The highest BCUT2D eigenvalue weighted by atomic mass is 32.2. The number of imidazole rings is 1. The van der Waals surface area contributed by atoms with Crippen LogP contribution in [0.2, 0.25) is 0 Å². The maximum absolute atomic E-state index is 11.6. The lowest BCUT2D eigenvalue weighted by Gasteiger charge is -2.13. The second-order valence-corrected chi connectivity index (χ2v) is 7.85. The van der Waals surface area contributed by atoms with E-state index < -0.39 is 10.0 Å². The van der Waals surface area contributed by atoms with Crippen molar-refractivity contribution in [3.8, 4) is 11.5 Å². The number of primary sulfonamides is 1. The molecule has 126 valence electrons. The molecule has 0 atom stereocenters. The van der Waals surface area contributed by atoms with Gasteiger partial charge in [-0.25, -0.2) is 18.5 Å². The highest BCUT2D eigenvalue weighted by Crippen LogP contribution is 2.33. The molecule has 2 N–H and O–H groups in total. The van der Waals surface area contributed by atoms with Gasteiger partial charge in [-0.05, 0) is 37.1 Å². The summed E-state index contributed by atoms with van der Waals surface area (Å²) in [6.07, 6.45) is 6.51. The lowest BCUT2D eigenvalue weighted by Crippen LogP contribution is -2.11. The van der Waals surface area contributed by atoms with Crippen molar-refractivity contribution >= 4 is 21.1 Å². The van der Waals surface area contributed by atoms with Crippen LogP contribution in [0.4, 0.5) is 0 Å². The molecule has 2 heterocycles. The summed E-state index contributed by atoms with van der Waals surface area (Å²) in [6, 6.07) is 7.14. The molecule has 4 rings (SSSR count). The molecular weight excluding hydrogens is 326 g/mol. The van der Waals surface area contributed by atoms with E-state index in [0.29, 0.717) is 11.6 Å². The quantitative estimate of drug-likeness (QED) is 0.787. The lowest BCUT2D eigenvalue weighted by atomic mass is 10.2. The van der Waals surface area contributed by atoms with Crippen LogP contribution in [-0.2, 0) is 17.1 Å². The first-order valence-electron chi connectivity index (χ1n) is 7.98. The third kappa shape index (κ3) is 2.42. The predicted octanol–water partition coefficient (Wildman–Crippen LogP) is 2.20. The average molecular weight is 345 g/mol. The molecule has 8 heteroatoms. The molecule has 1 aliphatic carbocycles. The summed E-state index contributed by atoms with van der Waals surface area (Å²) < 4.78 is 27.1. The van der Waals surface area contributed by atoms with Gasteiger partial charge in [0.2, 0.25) is 10.0 Å². The highest BCUT2D eigenvalue weighted by molar-refractivity contribution is 7.89. The van der Waals surface area contributed by atoms with E-state index in [2.05, 4.69) is 14.8 Å². The topological polar surface area (TPSA) is 95.8 Å². The van der Waals surface area contributed by atoms with Crippen LogP contribution in [0.25, 0.3) is 22.6 Å². The molecule has 3 aromatic rings. The Hall–Kier alpha value is -2.19. The van der Waals surface area contributed by atoms with E-state index >= 15 is 0 Å². The van der Waals surface area contributed by atoms with E-state index in [1.165, 1.54) is 25.0 Å². The fourth-order valence-electron chi connectivity index (χ4n) is 3.52.